The van der Waals surface area contributed by atoms with Crippen LogP contribution in [0.3, 0.4) is 0 Å². The van der Waals surface area contributed by atoms with Gasteiger partial charge in [-0.3, -0.25) is 4.79 Å². The molecule has 0 spiro atoms. The number of methoxy groups -OCH3 is 3. The lowest BCUT2D eigenvalue weighted by atomic mass is 10.1. The third kappa shape index (κ3) is 4.73. The molecule has 1 N–H and O–H groups in total. The van der Waals surface area contributed by atoms with Crippen LogP contribution in [-0.2, 0) is 20.7 Å². The van der Waals surface area contributed by atoms with Crippen LogP contribution in [0.15, 0.2) is 48.5 Å². The molecule has 0 aliphatic carbocycles. The summed E-state index contributed by atoms with van der Waals surface area (Å²) >= 11 is 0. The molecule has 0 aliphatic heterocycles. The summed E-state index contributed by atoms with van der Waals surface area (Å²) in [7, 11) is 4.37. The lowest BCUT2D eigenvalue weighted by Gasteiger charge is -2.17. The van der Waals surface area contributed by atoms with Gasteiger partial charge in [0.25, 0.3) is 0 Å². The van der Waals surface area contributed by atoms with Crippen molar-refractivity contribution in [2.45, 2.75) is 12.5 Å². The molecular weight excluding hydrogens is 322 g/mol. The fourth-order valence-electron chi connectivity index (χ4n) is 2.43. The molecule has 0 fully saturated rings. The van der Waals surface area contributed by atoms with Gasteiger partial charge >= 0.3 is 5.97 Å². The Labute approximate surface area is 146 Å². The van der Waals surface area contributed by atoms with Crippen LogP contribution in [0.1, 0.15) is 17.2 Å². The van der Waals surface area contributed by atoms with E-state index in [2.05, 4.69) is 5.32 Å². The van der Waals surface area contributed by atoms with Crippen molar-refractivity contribution < 1.29 is 23.8 Å². The molecule has 1 amide bonds. The second-order valence-electron chi connectivity index (χ2n) is 5.30. The van der Waals surface area contributed by atoms with E-state index in [0.717, 1.165) is 5.56 Å². The van der Waals surface area contributed by atoms with Crippen molar-refractivity contribution in [2.24, 2.45) is 0 Å². The smallest absolute Gasteiger partial charge is 0.333 e. The number of amides is 1. The number of rotatable bonds is 7. The third-order valence-electron chi connectivity index (χ3n) is 3.69. The van der Waals surface area contributed by atoms with Gasteiger partial charge in [-0.15, -0.1) is 0 Å². The van der Waals surface area contributed by atoms with Crippen LogP contribution in [0.4, 0.5) is 0 Å². The average molecular weight is 343 g/mol. The largest absolute Gasteiger partial charge is 0.493 e. The molecule has 0 heterocycles. The summed E-state index contributed by atoms with van der Waals surface area (Å²) in [6.07, 6.45) is 0.0979. The van der Waals surface area contributed by atoms with Gasteiger partial charge in [0, 0.05) is 0 Å². The Hall–Kier alpha value is -3.02. The molecule has 6 nitrogen and oxygen atoms in total. The van der Waals surface area contributed by atoms with Crippen LogP contribution in [0, 0.1) is 0 Å². The highest BCUT2D eigenvalue weighted by molar-refractivity contribution is 5.86. The van der Waals surface area contributed by atoms with Crippen LogP contribution < -0.4 is 14.8 Å². The van der Waals surface area contributed by atoms with E-state index >= 15 is 0 Å². The van der Waals surface area contributed by atoms with Gasteiger partial charge in [0.2, 0.25) is 5.91 Å². The Bertz CT molecular complexity index is 730. The summed E-state index contributed by atoms with van der Waals surface area (Å²) < 4.78 is 15.2. The molecule has 0 saturated carbocycles. The number of ether oxygens (including phenoxy) is 3. The van der Waals surface area contributed by atoms with E-state index in [9.17, 15) is 9.59 Å². The maximum atomic E-state index is 12.4. The van der Waals surface area contributed by atoms with Crippen molar-refractivity contribution in [1.29, 1.82) is 0 Å². The molecule has 0 radical (unpaired) electrons. The highest BCUT2D eigenvalue weighted by Crippen LogP contribution is 2.27. The molecule has 0 unspecified atom stereocenters. The van der Waals surface area contributed by atoms with Crippen molar-refractivity contribution >= 4 is 11.9 Å². The highest BCUT2D eigenvalue weighted by atomic mass is 16.5. The SMILES string of the molecule is COC(=O)[C@@H](NC(=O)Cc1ccc(OC)c(OC)c1)c1ccccc1. The van der Waals surface area contributed by atoms with Crippen molar-refractivity contribution in [3.63, 3.8) is 0 Å². The number of benzene rings is 2. The monoisotopic (exact) mass is 343 g/mol. The Morgan fingerprint density at radius 3 is 2.24 bits per heavy atom. The van der Waals surface area contributed by atoms with E-state index in [-0.39, 0.29) is 12.3 Å². The summed E-state index contributed by atoms with van der Waals surface area (Å²) in [6.45, 7) is 0. The topological polar surface area (TPSA) is 73.9 Å². The van der Waals surface area contributed by atoms with Crippen molar-refractivity contribution in [3.05, 3.63) is 59.7 Å². The van der Waals surface area contributed by atoms with Gasteiger partial charge in [0.15, 0.2) is 17.5 Å². The minimum absolute atomic E-state index is 0.0979. The van der Waals surface area contributed by atoms with E-state index in [1.807, 2.05) is 6.07 Å². The third-order valence-corrected chi connectivity index (χ3v) is 3.69. The number of nitrogens with one attached hydrogen (secondary N) is 1. The van der Waals surface area contributed by atoms with Crippen molar-refractivity contribution in [1.82, 2.24) is 5.32 Å². The predicted octanol–water partition coefficient (Wildman–Crippen LogP) is 2.28. The zero-order chi connectivity index (χ0) is 18.2. The Kier molecular flexibility index (Phi) is 6.39. The molecule has 6 heteroatoms. The molecule has 2 rings (SSSR count). The number of carbonyl (C=O) groups excluding carboxylic acids is 2. The van der Waals surface area contributed by atoms with E-state index < -0.39 is 12.0 Å². The first kappa shape index (κ1) is 18.3. The molecule has 2 aromatic rings. The zero-order valence-corrected chi connectivity index (χ0v) is 14.4. The molecule has 25 heavy (non-hydrogen) atoms. The van der Waals surface area contributed by atoms with E-state index in [0.29, 0.717) is 17.1 Å². The van der Waals surface area contributed by atoms with E-state index in [4.69, 9.17) is 14.2 Å². The molecule has 1 atom stereocenters. The first-order chi connectivity index (χ1) is 12.1. The Morgan fingerprint density at radius 2 is 1.64 bits per heavy atom. The molecule has 0 aromatic heterocycles. The zero-order valence-electron chi connectivity index (χ0n) is 14.4. The average Bonchev–Trinajstić information content (AvgIpc) is 2.66. The minimum atomic E-state index is -0.848. The normalized spacial score (nSPS) is 11.3. The fourth-order valence-corrected chi connectivity index (χ4v) is 2.43. The van der Waals surface area contributed by atoms with Gasteiger partial charge in [0.1, 0.15) is 0 Å². The lowest BCUT2D eigenvalue weighted by molar-refractivity contribution is -0.145. The molecule has 0 bridgehead atoms. The summed E-state index contributed by atoms with van der Waals surface area (Å²) in [4.78, 5) is 24.4. The van der Waals surface area contributed by atoms with Crippen LogP contribution >= 0.6 is 0 Å². The maximum absolute atomic E-state index is 12.4. The second-order valence-corrected chi connectivity index (χ2v) is 5.30. The molecule has 0 saturated heterocycles. The van der Waals surface area contributed by atoms with Crippen LogP contribution in [0.5, 0.6) is 11.5 Å². The van der Waals surface area contributed by atoms with Crippen LogP contribution in [0.25, 0.3) is 0 Å². The first-order valence-electron chi connectivity index (χ1n) is 7.72. The molecular formula is C19H21NO5. The summed E-state index contributed by atoms with van der Waals surface area (Å²) in [5.41, 5.74) is 1.40. The number of hydrogen-bond donors (Lipinski definition) is 1. The summed E-state index contributed by atoms with van der Waals surface area (Å²) in [5, 5.41) is 2.71. The second kappa shape index (κ2) is 8.73. The Morgan fingerprint density at radius 1 is 0.960 bits per heavy atom. The maximum Gasteiger partial charge on any atom is 0.333 e. The number of carbonyl (C=O) groups is 2. The molecule has 0 aliphatic rings. The number of esters is 1. The van der Waals surface area contributed by atoms with Gasteiger partial charge < -0.3 is 19.5 Å². The van der Waals surface area contributed by atoms with Crippen LogP contribution in [-0.4, -0.2) is 33.2 Å². The highest BCUT2D eigenvalue weighted by Gasteiger charge is 2.23. The standard InChI is InChI=1S/C19H21NO5/c1-23-15-10-9-13(11-16(15)24-2)12-17(21)20-18(19(22)25-3)14-7-5-4-6-8-14/h4-11,18H,12H2,1-3H3,(H,20,21)/t18-/m0/s1. The molecule has 2 aromatic carbocycles. The van der Waals surface area contributed by atoms with Gasteiger partial charge in [-0.2, -0.15) is 0 Å². The van der Waals surface area contributed by atoms with Gasteiger partial charge in [0.05, 0.1) is 27.8 Å². The minimum Gasteiger partial charge on any atom is -0.493 e. The van der Waals surface area contributed by atoms with Gasteiger partial charge in [-0.05, 0) is 23.3 Å². The van der Waals surface area contributed by atoms with Crippen molar-refractivity contribution in [2.75, 3.05) is 21.3 Å². The van der Waals surface area contributed by atoms with Crippen molar-refractivity contribution in [3.8, 4) is 11.5 Å². The van der Waals surface area contributed by atoms with E-state index in [1.165, 1.54) is 14.2 Å². The predicted molar refractivity (Wildman–Crippen MR) is 92.6 cm³/mol. The van der Waals surface area contributed by atoms with E-state index in [1.54, 1.807) is 49.6 Å². The summed E-state index contributed by atoms with van der Waals surface area (Å²) in [6, 6.07) is 13.3. The van der Waals surface area contributed by atoms with Crippen LogP contribution in [0.2, 0.25) is 0 Å². The fraction of sp³-hybridized carbons (Fsp3) is 0.263. The number of hydrogen-bond acceptors (Lipinski definition) is 5. The lowest BCUT2D eigenvalue weighted by Crippen LogP contribution is -2.35. The molecule has 132 valence electrons. The van der Waals surface area contributed by atoms with Gasteiger partial charge in [-0.1, -0.05) is 36.4 Å². The quantitative estimate of drug-likeness (QED) is 0.781. The Balaban J connectivity index is 2.13. The first-order valence-corrected chi connectivity index (χ1v) is 7.72. The summed E-state index contributed by atoms with van der Waals surface area (Å²) in [5.74, 6) is 0.307. The van der Waals surface area contributed by atoms with Gasteiger partial charge in [-0.25, -0.2) is 4.79 Å².